The number of hydrogen-bond acceptors (Lipinski definition) is 4. The van der Waals surface area contributed by atoms with Crippen molar-refractivity contribution < 1.29 is 14.6 Å². The molecule has 1 aromatic heterocycles. The summed E-state index contributed by atoms with van der Waals surface area (Å²) in [6.45, 7) is 7.95. The first kappa shape index (κ1) is 24.0. The highest BCUT2D eigenvalue weighted by Gasteiger charge is 2.31. The van der Waals surface area contributed by atoms with E-state index in [1.165, 1.54) is 5.56 Å². The Kier molecular flexibility index (Phi) is 7.68. The van der Waals surface area contributed by atoms with Crippen LogP contribution >= 0.6 is 0 Å². The van der Waals surface area contributed by atoms with Crippen molar-refractivity contribution in [2.45, 2.75) is 65.0 Å². The summed E-state index contributed by atoms with van der Waals surface area (Å²) in [4.78, 5) is 16.0. The van der Waals surface area contributed by atoms with Gasteiger partial charge in [-0.15, -0.1) is 0 Å². The number of carbonyl (C=O) groups excluding carboxylic acids is 1. The maximum Gasteiger partial charge on any atom is 0.234 e. The van der Waals surface area contributed by atoms with Crippen molar-refractivity contribution in [3.8, 4) is 5.75 Å². The van der Waals surface area contributed by atoms with Crippen molar-refractivity contribution in [2.75, 3.05) is 18.1 Å². The van der Waals surface area contributed by atoms with Crippen LogP contribution in [-0.2, 0) is 24.3 Å². The number of anilines is 1. The van der Waals surface area contributed by atoms with Crippen molar-refractivity contribution >= 4 is 11.6 Å². The van der Waals surface area contributed by atoms with Gasteiger partial charge in [0.25, 0.3) is 0 Å². The average Bonchev–Trinajstić information content (AvgIpc) is 3.33. The fraction of sp³-hybridized carbons (Fsp3) is 0.429. The number of aryl methyl sites for hydroxylation is 2. The Hall–Kier alpha value is -3.12. The number of fused-ring (bicyclic) bond motifs is 1. The normalized spacial score (nSPS) is 15.3. The van der Waals surface area contributed by atoms with Crippen LogP contribution in [0.25, 0.3) is 0 Å². The highest BCUT2D eigenvalue weighted by atomic mass is 16.5. The summed E-state index contributed by atoms with van der Waals surface area (Å²) in [5.41, 5.74) is 5.43. The zero-order valence-corrected chi connectivity index (χ0v) is 20.4. The van der Waals surface area contributed by atoms with Crippen LogP contribution in [0.2, 0.25) is 0 Å². The predicted molar refractivity (Wildman–Crippen MR) is 134 cm³/mol. The second kappa shape index (κ2) is 10.9. The standard InChI is InChI=1S/C28H35N3O3/c1-4-30-18-21(17-29-30)19-31(24-10-8-22(9-11-24)20(2)3)28(33)27-7-5-6-23-16-25(34-15-14-32)12-13-26(23)27/h8-13,16-18,20,27,32H,4-7,14-15,19H2,1-3H3. The molecule has 0 radical (unpaired) electrons. The number of hydrogen-bond donors (Lipinski definition) is 1. The number of amides is 1. The topological polar surface area (TPSA) is 67.6 Å². The number of aliphatic hydroxyl groups is 1. The highest BCUT2D eigenvalue weighted by molar-refractivity contribution is 5.98. The Balaban J connectivity index is 1.65. The van der Waals surface area contributed by atoms with Crippen LogP contribution in [0.1, 0.15) is 67.7 Å². The van der Waals surface area contributed by atoms with E-state index in [9.17, 15) is 4.79 Å². The number of aliphatic hydroxyl groups excluding tert-OH is 1. The molecule has 0 aliphatic heterocycles. The van der Waals surface area contributed by atoms with Gasteiger partial charge >= 0.3 is 0 Å². The lowest BCUT2D eigenvalue weighted by Gasteiger charge is -2.31. The summed E-state index contributed by atoms with van der Waals surface area (Å²) in [6.07, 6.45) is 6.59. The van der Waals surface area contributed by atoms with Crippen molar-refractivity contribution in [3.05, 3.63) is 77.1 Å². The van der Waals surface area contributed by atoms with Gasteiger partial charge in [0.05, 0.1) is 25.3 Å². The number of carbonyl (C=O) groups is 1. The smallest absolute Gasteiger partial charge is 0.234 e. The zero-order valence-electron chi connectivity index (χ0n) is 20.4. The number of rotatable bonds is 9. The minimum Gasteiger partial charge on any atom is -0.491 e. The molecular weight excluding hydrogens is 426 g/mol. The van der Waals surface area contributed by atoms with Gasteiger partial charge in [0.1, 0.15) is 12.4 Å². The largest absolute Gasteiger partial charge is 0.491 e. The van der Waals surface area contributed by atoms with Crippen LogP contribution in [0, 0.1) is 0 Å². The van der Waals surface area contributed by atoms with Gasteiger partial charge in [-0.2, -0.15) is 5.10 Å². The summed E-state index contributed by atoms with van der Waals surface area (Å²) in [5.74, 6) is 1.11. The Bertz CT molecular complexity index is 1100. The lowest BCUT2D eigenvalue weighted by Crippen LogP contribution is -2.36. The van der Waals surface area contributed by atoms with Crippen molar-refractivity contribution in [2.24, 2.45) is 0 Å². The number of aromatic nitrogens is 2. The summed E-state index contributed by atoms with van der Waals surface area (Å²) in [5, 5.41) is 13.5. The molecule has 6 nitrogen and oxygen atoms in total. The van der Waals surface area contributed by atoms with Gasteiger partial charge in [-0.3, -0.25) is 9.48 Å². The van der Waals surface area contributed by atoms with E-state index in [0.29, 0.717) is 12.5 Å². The summed E-state index contributed by atoms with van der Waals surface area (Å²) < 4.78 is 7.49. The molecule has 0 fully saturated rings. The monoisotopic (exact) mass is 461 g/mol. The van der Waals surface area contributed by atoms with Gasteiger partial charge in [-0.25, -0.2) is 0 Å². The van der Waals surface area contributed by atoms with E-state index in [0.717, 1.165) is 53.9 Å². The van der Waals surface area contributed by atoms with Gasteiger partial charge in [-0.1, -0.05) is 32.0 Å². The van der Waals surface area contributed by atoms with Crippen LogP contribution in [0.4, 0.5) is 5.69 Å². The minimum absolute atomic E-state index is 0.0165. The van der Waals surface area contributed by atoms with Crippen molar-refractivity contribution in [3.63, 3.8) is 0 Å². The summed E-state index contributed by atoms with van der Waals surface area (Å²) in [6, 6.07) is 14.3. The lowest BCUT2D eigenvalue weighted by molar-refractivity contribution is -0.120. The maximum absolute atomic E-state index is 14.1. The first-order valence-corrected chi connectivity index (χ1v) is 12.3. The number of benzene rings is 2. The third-order valence-electron chi connectivity index (χ3n) is 6.58. The van der Waals surface area contributed by atoms with Crippen LogP contribution in [-0.4, -0.2) is 34.0 Å². The summed E-state index contributed by atoms with van der Waals surface area (Å²) >= 11 is 0. The molecule has 6 heteroatoms. The first-order valence-electron chi connectivity index (χ1n) is 12.3. The molecular formula is C28H35N3O3. The van der Waals surface area contributed by atoms with Gasteiger partial charge in [0.2, 0.25) is 5.91 Å². The van der Waals surface area contributed by atoms with E-state index < -0.39 is 0 Å². The van der Waals surface area contributed by atoms with Crippen LogP contribution in [0.15, 0.2) is 54.9 Å². The van der Waals surface area contributed by atoms with E-state index in [-0.39, 0.29) is 25.0 Å². The molecule has 0 saturated heterocycles. The molecule has 34 heavy (non-hydrogen) atoms. The molecule has 1 atom stereocenters. The zero-order chi connectivity index (χ0) is 24.1. The molecule has 0 saturated carbocycles. The second-order valence-corrected chi connectivity index (χ2v) is 9.25. The molecule has 4 rings (SSSR count). The average molecular weight is 462 g/mol. The van der Waals surface area contributed by atoms with Crippen molar-refractivity contribution in [1.29, 1.82) is 0 Å². The molecule has 0 spiro atoms. The Labute approximate surface area is 202 Å². The molecule has 1 amide bonds. The number of nitrogens with zero attached hydrogens (tertiary/aromatic N) is 3. The predicted octanol–water partition coefficient (Wildman–Crippen LogP) is 5.05. The Morgan fingerprint density at radius 1 is 1.24 bits per heavy atom. The maximum atomic E-state index is 14.1. The highest BCUT2D eigenvalue weighted by Crippen LogP contribution is 2.36. The van der Waals surface area contributed by atoms with E-state index >= 15 is 0 Å². The summed E-state index contributed by atoms with van der Waals surface area (Å²) in [7, 11) is 0. The van der Waals surface area contributed by atoms with Gasteiger partial charge in [-0.05, 0) is 73.1 Å². The molecule has 0 bridgehead atoms. The molecule has 1 unspecified atom stereocenters. The van der Waals surface area contributed by atoms with E-state index in [4.69, 9.17) is 9.84 Å². The second-order valence-electron chi connectivity index (χ2n) is 9.25. The van der Waals surface area contributed by atoms with Crippen LogP contribution in [0.3, 0.4) is 0 Å². The molecule has 180 valence electrons. The molecule has 1 aliphatic rings. The van der Waals surface area contributed by atoms with E-state index in [1.807, 2.05) is 40.2 Å². The molecule has 3 aromatic rings. The van der Waals surface area contributed by atoms with Crippen molar-refractivity contribution in [1.82, 2.24) is 9.78 Å². The van der Waals surface area contributed by atoms with E-state index in [1.54, 1.807) is 0 Å². The molecule has 1 heterocycles. The van der Waals surface area contributed by atoms with Gasteiger partial charge in [0, 0.05) is 24.0 Å². The SMILES string of the molecule is CCn1cc(CN(C(=O)C2CCCc3cc(OCCO)ccc32)c2ccc(C(C)C)cc2)cn1. The van der Waals surface area contributed by atoms with Gasteiger partial charge in [0.15, 0.2) is 0 Å². The fourth-order valence-corrected chi connectivity index (χ4v) is 4.67. The molecule has 1 N–H and O–H groups in total. The van der Waals surface area contributed by atoms with Crippen LogP contribution in [0.5, 0.6) is 5.75 Å². The first-order chi connectivity index (χ1) is 16.5. The fourth-order valence-electron chi connectivity index (χ4n) is 4.67. The third kappa shape index (κ3) is 5.33. The quantitative estimate of drug-likeness (QED) is 0.484. The van der Waals surface area contributed by atoms with Gasteiger partial charge < -0.3 is 14.7 Å². The van der Waals surface area contributed by atoms with E-state index in [2.05, 4.69) is 50.1 Å². The molecule has 2 aromatic carbocycles. The Morgan fingerprint density at radius 2 is 2.03 bits per heavy atom. The lowest BCUT2D eigenvalue weighted by atomic mass is 9.81. The number of ether oxygens (including phenoxy) is 1. The Morgan fingerprint density at radius 3 is 2.71 bits per heavy atom. The van der Waals surface area contributed by atoms with Crippen LogP contribution < -0.4 is 9.64 Å². The molecule has 1 aliphatic carbocycles. The third-order valence-corrected chi connectivity index (χ3v) is 6.58. The minimum atomic E-state index is -0.193.